The van der Waals surface area contributed by atoms with Crippen molar-refractivity contribution in [1.29, 1.82) is 0 Å². The number of rotatable bonds is 9. The summed E-state index contributed by atoms with van der Waals surface area (Å²) in [6.07, 6.45) is 1.39. The van der Waals surface area contributed by atoms with Crippen LogP contribution in [-0.2, 0) is 22.4 Å². The maximum Gasteiger partial charge on any atom is 0.323 e. The van der Waals surface area contributed by atoms with Crippen LogP contribution in [0.15, 0.2) is 71.3 Å². The van der Waals surface area contributed by atoms with Gasteiger partial charge < -0.3 is 14.5 Å². The Labute approximate surface area is 229 Å². The molecule has 200 valence electrons. The highest BCUT2D eigenvalue weighted by atomic mass is 16.5. The smallest absolute Gasteiger partial charge is 0.323 e. The van der Waals surface area contributed by atoms with E-state index in [1.165, 1.54) is 16.7 Å². The van der Waals surface area contributed by atoms with Gasteiger partial charge in [0.15, 0.2) is 0 Å². The second-order valence-electron chi connectivity index (χ2n) is 10.7. The molecule has 2 atom stereocenters. The van der Waals surface area contributed by atoms with Gasteiger partial charge in [-0.3, -0.25) is 9.59 Å². The van der Waals surface area contributed by atoms with Gasteiger partial charge >= 0.3 is 5.97 Å². The first-order valence-electron chi connectivity index (χ1n) is 13.4. The number of fused-ring (bicyclic) bond motifs is 1. The van der Waals surface area contributed by atoms with Crippen molar-refractivity contribution in [2.24, 2.45) is 0 Å². The third-order valence-corrected chi connectivity index (χ3v) is 7.81. The van der Waals surface area contributed by atoms with Gasteiger partial charge in [-0.15, -0.1) is 0 Å². The number of carbonyl (C=O) groups is 2. The summed E-state index contributed by atoms with van der Waals surface area (Å²) >= 11 is 0. The van der Waals surface area contributed by atoms with Gasteiger partial charge in [-0.2, -0.15) is 0 Å². The molecule has 39 heavy (non-hydrogen) atoms. The third-order valence-electron chi connectivity index (χ3n) is 7.81. The number of nitrogens with zero attached hydrogens (tertiary/aromatic N) is 2. The fourth-order valence-corrected chi connectivity index (χ4v) is 6.08. The van der Waals surface area contributed by atoms with Crippen molar-refractivity contribution in [3.05, 3.63) is 117 Å². The van der Waals surface area contributed by atoms with Crippen LogP contribution in [0.1, 0.15) is 68.8 Å². The van der Waals surface area contributed by atoms with Crippen molar-refractivity contribution < 1.29 is 19.2 Å². The van der Waals surface area contributed by atoms with Gasteiger partial charge in [-0.1, -0.05) is 71.4 Å². The number of carboxylic acid groups (broad SMARTS) is 1. The predicted molar refractivity (Wildman–Crippen MR) is 151 cm³/mol. The molecule has 1 aromatic heterocycles. The van der Waals surface area contributed by atoms with Gasteiger partial charge in [-0.05, 0) is 68.0 Å². The molecule has 0 amide bonds. The number of ketones is 1. The molecule has 5 rings (SSSR count). The molecular weight excluding hydrogens is 488 g/mol. The molecule has 2 heterocycles. The lowest BCUT2D eigenvalue weighted by Gasteiger charge is -2.25. The lowest BCUT2D eigenvalue weighted by Crippen LogP contribution is -2.31. The highest BCUT2D eigenvalue weighted by Gasteiger charge is 2.35. The molecule has 0 aliphatic carbocycles. The van der Waals surface area contributed by atoms with Crippen molar-refractivity contribution in [1.82, 2.24) is 5.16 Å². The average molecular weight is 523 g/mol. The Morgan fingerprint density at radius 2 is 1.79 bits per heavy atom. The Hall–Kier alpha value is -4.19. The van der Waals surface area contributed by atoms with E-state index >= 15 is 0 Å². The maximum atomic E-state index is 13.5. The summed E-state index contributed by atoms with van der Waals surface area (Å²) in [5.74, 6) is -0.0261. The second kappa shape index (κ2) is 10.9. The molecule has 1 aliphatic heterocycles. The van der Waals surface area contributed by atoms with Gasteiger partial charge in [0.1, 0.15) is 18.1 Å². The van der Waals surface area contributed by atoms with E-state index in [4.69, 9.17) is 4.52 Å². The van der Waals surface area contributed by atoms with E-state index in [0.29, 0.717) is 25.0 Å². The molecule has 0 saturated heterocycles. The monoisotopic (exact) mass is 522 g/mol. The summed E-state index contributed by atoms with van der Waals surface area (Å²) in [4.78, 5) is 27.1. The molecule has 6 nitrogen and oxygen atoms in total. The number of hydrogen-bond donors (Lipinski definition) is 1. The van der Waals surface area contributed by atoms with Crippen LogP contribution in [0.25, 0.3) is 0 Å². The molecule has 4 aromatic rings. The molecule has 3 aromatic carbocycles. The zero-order chi connectivity index (χ0) is 27.7. The molecule has 0 radical (unpaired) electrons. The number of anilines is 1. The first kappa shape index (κ1) is 26.4. The Morgan fingerprint density at radius 3 is 2.46 bits per heavy atom. The Balaban J connectivity index is 1.39. The standard InChI is InChI=1S/C33H34N2O4/c1-20-10-12-28(21(2)14-20)29(25-8-6-5-7-9-25)18-27(36)16-24-11-13-30-26(15-24)17-31(35(30)19-32(37)38)33-22(3)34-39-23(33)4/h5-15,29,31H,16-19H2,1-4H3,(H,37,38). The number of carbonyl (C=O) groups excluding carboxylic acids is 1. The zero-order valence-electron chi connectivity index (χ0n) is 22.9. The average Bonchev–Trinajstić information content (AvgIpc) is 3.40. The lowest BCUT2D eigenvalue weighted by molar-refractivity contribution is -0.135. The molecule has 6 heteroatoms. The molecule has 0 spiro atoms. The van der Waals surface area contributed by atoms with Crippen LogP contribution in [0.4, 0.5) is 5.69 Å². The molecule has 1 aliphatic rings. The van der Waals surface area contributed by atoms with Crippen molar-refractivity contribution >= 4 is 17.4 Å². The quantitative estimate of drug-likeness (QED) is 0.273. The van der Waals surface area contributed by atoms with Gasteiger partial charge in [0.05, 0.1) is 11.7 Å². The largest absolute Gasteiger partial charge is 0.480 e. The highest BCUT2D eigenvalue weighted by molar-refractivity contribution is 5.83. The summed E-state index contributed by atoms with van der Waals surface area (Å²) in [7, 11) is 0. The van der Waals surface area contributed by atoms with E-state index in [9.17, 15) is 14.7 Å². The van der Waals surface area contributed by atoms with E-state index in [1.807, 2.05) is 49.1 Å². The minimum Gasteiger partial charge on any atom is -0.480 e. The van der Waals surface area contributed by atoms with Crippen LogP contribution in [0, 0.1) is 27.7 Å². The van der Waals surface area contributed by atoms with Crippen molar-refractivity contribution in [2.75, 3.05) is 11.4 Å². The summed E-state index contributed by atoms with van der Waals surface area (Å²) < 4.78 is 5.39. The summed E-state index contributed by atoms with van der Waals surface area (Å²) in [5.41, 5.74) is 9.30. The second-order valence-corrected chi connectivity index (χ2v) is 10.7. The van der Waals surface area contributed by atoms with E-state index in [-0.39, 0.29) is 24.3 Å². The molecule has 2 unspecified atom stereocenters. The van der Waals surface area contributed by atoms with Gasteiger partial charge in [0.2, 0.25) is 0 Å². The molecule has 0 fully saturated rings. The van der Waals surface area contributed by atoms with Gasteiger partial charge in [0, 0.05) is 30.0 Å². The topological polar surface area (TPSA) is 83.6 Å². The first-order valence-corrected chi connectivity index (χ1v) is 13.4. The molecule has 1 N–H and O–H groups in total. The Kier molecular flexibility index (Phi) is 7.38. The van der Waals surface area contributed by atoms with Crippen LogP contribution in [0.3, 0.4) is 0 Å². The SMILES string of the molecule is Cc1ccc(C(CC(=O)Cc2ccc3c(c2)CC(c2c(C)noc2C)N3CC(=O)O)c2ccccc2)c(C)c1. The lowest BCUT2D eigenvalue weighted by atomic mass is 9.83. The maximum absolute atomic E-state index is 13.5. The zero-order valence-corrected chi connectivity index (χ0v) is 22.9. The molecule has 0 saturated carbocycles. The van der Waals surface area contributed by atoms with Crippen molar-refractivity contribution in [3.8, 4) is 0 Å². The first-order chi connectivity index (χ1) is 18.7. The van der Waals surface area contributed by atoms with Crippen LogP contribution < -0.4 is 4.90 Å². The summed E-state index contributed by atoms with van der Waals surface area (Å²) in [5, 5.41) is 13.7. The van der Waals surface area contributed by atoms with Crippen LogP contribution >= 0.6 is 0 Å². The third kappa shape index (κ3) is 5.51. The van der Waals surface area contributed by atoms with Crippen LogP contribution in [0.2, 0.25) is 0 Å². The molecule has 0 bridgehead atoms. The van der Waals surface area contributed by atoms with E-state index in [2.05, 4.69) is 55.4 Å². The van der Waals surface area contributed by atoms with E-state index < -0.39 is 5.97 Å². The Morgan fingerprint density at radius 1 is 1.03 bits per heavy atom. The van der Waals surface area contributed by atoms with Crippen molar-refractivity contribution in [3.63, 3.8) is 0 Å². The van der Waals surface area contributed by atoms with Gasteiger partial charge in [-0.25, -0.2) is 0 Å². The fourth-order valence-electron chi connectivity index (χ4n) is 6.08. The normalized spacial score (nSPS) is 15.3. The van der Waals surface area contributed by atoms with E-state index in [0.717, 1.165) is 33.6 Å². The van der Waals surface area contributed by atoms with Crippen LogP contribution in [0.5, 0.6) is 0 Å². The number of hydrogen-bond acceptors (Lipinski definition) is 5. The Bertz CT molecular complexity index is 1500. The number of carboxylic acids is 1. The number of aromatic nitrogens is 1. The number of benzene rings is 3. The van der Waals surface area contributed by atoms with Crippen LogP contribution in [-0.4, -0.2) is 28.6 Å². The minimum absolute atomic E-state index is 0.0105. The summed E-state index contributed by atoms with van der Waals surface area (Å²) in [6, 6.07) is 22.5. The molecular formula is C33H34N2O4. The number of Topliss-reactive ketones (excluding diaryl/α,β-unsaturated/α-hetero) is 1. The van der Waals surface area contributed by atoms with Gasteiger partial charge in [0.25, 0.3) is 0 Å². The highest BCUT2D eigenvalue weighted by Crippen LogP contribution is 2.42. The number of aryl methyl sites for hydroxylation is 4. The van der Waals surface area contributed by atoms with Crippen molar-refractivity contribution in [2.45, 2.75) is 58.9 Å². The predicted octanol–water partition coefficient (Wildman–Crippen LogP) is 6.43. The minimum atomic E-state index is -0.891. The number of aliphatic carboxylic acids is 1. The fraction of sp³-hybridized carbons (Fsp3) is 0.303. The van der Waals surface area contributed by atoms with E-state index in [1.54, 1.807) is 0 Å². The summed E-state index contributed by atoms with van der Waals surface area (Å²) in [6.45, 7) is 7.83.